The van der Waals surface area contributed by atoms with Crippen LogP contribution >= 0.6 is 0 Å². The summed E-state index contributed by atoms with van der Waals surface area (Å²) in [5.41, 5.74) is 1.49. The highest BCUT2D eigenvalue weighted by atomic mass is 32.2. The van der Waals surface area contributed by atoms with Crippen LogP contribution in [0, 0.1) is 6.92 Å². The molecule has 3 N–H and O–H groups in total. The van der Waals surface area contributed by atoms with Gasteiger partial charge in [0.25, 0.3) is 0 Å². The zero-order valence-corrected chi connectivity index (χ0v) is 13.6. The van der Waals surface area contributed by atoms with Crippen LogP contribution in [-0.2, 0) is 31.1 Å². The van der Waals surface area contributed by atoms with Gasteiger partial charge in [-0.2, -0.15) is 0 Å². The Morgan fingerprint density at radius 3 is 2.24 bits per heavy atom. The molecule has 1 rings (SSSR count). The fraction of sp³-hybridized carbons (Fsp3) is 0.417. The number of sulfonamides is 1. The van der Waals surface area contributed by atoms with Crippen LogP contribution in [0.25, 0.3) is 0 Å². The quantitative estimate of drug-likeness (QED) is 0.795. The van der Waals surface area contributed by atoms with Gasteiger partial charge in [0.05, 0.1) is 4.90 Å². The van der Waals surface area contributed by atoms with Gasteiger partial charge in [0.1, 0.15) is 5.75 Å². The maximum absolute atomic E-state index is 11.7. The number of aryl methyl sites for hydroxylation is 2. The van der Waals surface area contributed by atoms with Crippen LogP contribution < -0.4 is 10.5 Å². The number of hydrogen-bond acceptors (Lipinski definition) is 5. The Kier molecular flexibility index (Phi) is 5.13. The summed E-state index contributed by atoms with van der Waals surface area (Å²) >= 11 is 0. The lowest BCUT2D eigenvalue weighted by Gasteiger charge is -2.14. The van der Waals surface area contributed by atoms with Crippen LogP contribution in [0.3, 0.4) is 0 Å². The van der Waals surface area contributed by atoms with Gasteiger partial charge in [-0.1, -0.05) is 6.92 Å². The molecule has 1 amide bonds. The van der Waals surface area contributed by atoms with E-state index in [0.717, 1.165) is 6.26 Å². The smallest absolute Gasteiger partial charge is 0.239 e. The van der Waals surface area contributed by atoms with E-state index in [4.69, 9.17) is 5.14 Å². The minimum absolute atomic E-state index is 0.0436. The van der Waals surface area contributed by atoms with Crippen LogP contribution in [0.2, 0.25) is 0 Å². The summed E-state index contributed by atoms with van der Waals surface area (Å²) in [5.74, 6) is -1.30. The molecule has 118 valence electrons. The molecular weight excluding hydrogens is 316 g/mol. The number of nitrogens with two attached hydrogens (primary N) is 1. The van der Waals surface area contributed by atoms with E-state index in [9.17, 15) is 21.6 Å². The first-order chi connectivity index (χ1) is 9.44. The Balaban J connectivity index is 3.23. The van der Waals surface area contributed by atoms with E-state index in [1.807, 2.05) is 0 Å². The summed E-state index contributed by atoms with van der Waals surface area (Å²) in [5, 5.41) is 7.60. The molecule has 0 bridgehead atoms. The average molecular weight is 334 g/mol. The van der Waals surface area contributed by atoms with Crippen molar-refractivity contribution < 1.29 is 21.6 Å². The number of nitrogens with one attached hydrogen (secondary N) is 1. The van der Waals surface area contributed by atoms with Gasteiger partial charge in [-0.3, -0.25) is 4.79 Å². The minimum Gasteiger partial charge on any atom is -0.325 e. The number of primary sulfonamides is 1. The van der Waals surface area contributed by atoms with E-state index < -0.39 is 31.5 Å². The van der Waals surface area contributed by atoms with Gasteiger partial charge in [-0.05, 0) is 36.6 Å². The van der Waals surface area contributed by atoms with Gasteiger partial charge in [-0.15, -0.1) is 0 Å². The van der Waals surface area contributed by atoms with Gasteiger partial charge in [0.2, 0.25) is 15.9 Å². The monoisotopic (exact) mass is 334 g/mol. The predicted molar refractivity (Wildman–Crippen MR) is 80.3 cm³/mol. The molecule has 9 heteroatoms. The molecule has 0 aliphatic heterocycles. The summed E-state index contributed by atoms with van der Waals surface area (Å²) in [6.07, 6.45) is 1.42. The second-order valence-corrected chi connectivity index (χ2v) is 8.49. The van der Waals surface area contributed by atoms with Gasteiger partial charge in [0, 0.05) is 11.9 Å². The van der Waals surface area contributed by atoms with Gasteiger partial charge in [0.15, 0.2) is 9.84 Å². The number of hydrogen-bond donors (Lipinski definition) is 2. The number of amides is 1. The molecule has 0 saturated carbocycles. The fourth-order valence-corrected chi connectivity index (χ4v) is 3.06. The van der Waals surface area contributed by atoms with Crippen LogP contribution in [0.1, 0.15) is 18.1 Å². The average Bonchev–Trinajstić information content (AvgIpc) is 2.27. The number of benzene rings is 1. The summed E-state index contributed by atoms with van der Waals surface area (Å²) in [4.78, 5) is 11.7. The zero-order chi connectivity index (χ0) is 16.4. The molecule has 0 saturated heterocycles. The third-order valence-electron chi connectivity index (χ3n) is 2.76. The molecular formula is C12H18N2O5S2. The van der Waals surface area contributed by atoms with Crippen LogP contribution in [0.4, 0.5) is 5.69 Å². The third kappa shape index (κ3) is 5.10. The number of sulfone groups is 1. The lowest BCUT2D eigenvalue weighted by atomic mass is 10.1. The molecule has 0 atom stereocenters. The number of carbonyl (C=O) groups is 1. The van der Waals surface area contributed by atoms with E-state index in [1.165, 1.54) is 12.1 Å². The fourth-order valence-electron chi connectivity index (χ4n) is 1.86. The molecule has 7 nitrogen and oxygen atoms in total. The van der Waals surface area contributed by atoms with Gasteiger partial charge < -0.3 is 5.32 Å². The number of carbonyl (C=O) groups excluding carboxylic acids is 1. The van der Waals surface area contributed by atoms with Gasteiger partial charge in [-0.25, -0.2) is 22.0 Å². The third-order valence-corrected chi connectivity index (χ3v) is 4.44. The molecule has 0 aliphatic carbocycles. The van der Waals surface area contributed by atoms with Crippen molar-refractivity contribution in [2.75, 3.05) is 17.3 Å². The maximum Gasteiger partial charge on any atom is 0.239 e. The lowest BCUT2D eigenvalue weighted by Crippen LogP contribution is -2.23. The predicted octanol–water partition coefficient (Wildman–Crippen LogP) is 0.188. The Bertz CT molecular complexity index is 767. The lowest BCUT2D eigenvalue weighted by molar-refractivity contribution is -0.113. The summed E-state index contributed by atoms with van der Waals surface area (Å²) in [6, 6.07) is 2.71. The van der Waals surface area contributed by atoms with E-state index in [2.05, 4.69) is 5.32 Å². The first kappa shape index (κ1) is 17.6. The van der Waals surface area contributed by atoms with Crippen molar-refractivity contribution in [1.29, 1.82) is 0 Å². The van der Waals surface area contributed by atoms with Crippen molar-refractivity contribution in [3.05, 3.63) is 23.3 Å². The highest BCUT2D eigenvalue weighted by Crippen LogP contribution is 2.25. The Hall–Kier alpha value is -1.45. The number of anilines is 1. The van der Waals surface area contributed by atoms with Crippen molar-refractivity contribution in [2.24, 2.45) is 5.14 Å². The highest BCUT2D eigenvalue weighted by Gasteiger charge is 2.17. The number of rotatable bonds is 5. The minimum atomic E-state index is -3.84. The first-order valence-electron chi connectivity index (χ1n) is 6.08. The molecule has 0 unspecified atom stereocenters. The van der Waals surface area contributed by atoms with Crippen molar-refractivity contribution in [3.63, 3.8) is 0 Å². The molecule has 1 aromatic rings. The SMILES string of the molecule is CCc1cc(S(N)(=O)=O)cc(C)c1NC(=O)CS(C)(=O)=O. The maximum atomic E-state index is 11.7. The van der Waals surface area contributed by atoms with E-state index >= 15 is 0 Å². The summed E-state index contributed by atoms with van der Waals surface area (Å²) in [6.45, 7) is 3.40. The largest absolute Gasteiger partial charge is 0.325 e. The highest BCUT2D eigenvalue weighted by molar-refractivity contribution is 7.91. The molecule has 0 aliphatic rings. The van der Waals surface area contributed by atoms with Crippen LogP contribution in [-0.4, -0.2) is 34.8 Å². The van der Waals surface area contributed by atoms with E-state index in [1.54, 1.807) is 13.8 Å². The van der Waals surface area contributed by atoms with Crippen molar-refractivity contribution in [2.45, 2.75) is 25.2 Å². The Labute approximate surface area is 124 Å². The summed E-state index contributed by atoms with van der Waals surface area (Å²) < 4.78 is 45.0. The summed E-state index contributed by atoms with van der Waals surface area (Å²) in [7, 11) is -7.28. The second kappa shape index (κ2) is 6.12. The second-order valence-electron chi connectivity index (χ2n) is 4.79. The van der Waals surface area contributed by atoms with Gasteiger partial charge >= 0.3 is 0 Å². The van der Waals surface area contributed by atoms with E-state index in [-0.39, 0.29) is 4.90 Å². The van der Waals surface area contributed by atoms with Crippen LogP contribution in [0.15, 0.2) is 17.0 Å². The normalized spacial score (nSPS) is 12.2. The molecule has 21 heavy (non-hydrogen) atoms. The Morgan fingerprint density at radius 1 is 1.24 bits per heavy atom. The first-order valence-corrected chi connectivity index (χ1v) is 9.68. The molecule has 0 radical (unpaired) electrons. The molecule has 0 spiro atoms. The van der Waals surface area contributed by atoms with Crippen LogP contribution in [0.5, 0.6) is 0 Å². The molecule has 0 aromatic heterocycles. The Morgan fingerprint density at radius 2 is 1.81 bits per heavy atom. The van der Waals surface area contributed by atoms with Crippen molar-refractivity contribution >= 4 is 31.5 Å². The van der Waals surface area contributed by atoms with Crippen molar-refractivity contribution in [1.82, 2.24) is 0 Å². The zero-order valence-electron chi connectivity index (χ0n) is 12.0. The topological polar surface area (TPSA) is 123 Å². The van der Waals surface area contributed by atoms with E-state index in [0.29, 0.717) is 23.2 Å². The molecule has 0 fully saturated rings. The molecule has 0 heterocycles. The van der Waals surface area contributed by atoms with Crippen molar-refractivity contribution in [3.8, 4) is 0 Å². The standard InChI is InChI=1S/C12H18N2O5S2/c1-4-9-6-10(21(13,18)19)5-8(2)12(9)14-11(15)7-20(3,16)17/h5-6H,4,7H2,1-3H3,(H,14,15)(H2,13,18,19). The molecule has 1 aromatic carbocycles.